The van der Waals surface area contributed by atoms with Crippen LogP contribution in [-0.4, -0.2) is 27.7 Å². The van der Waals surface area contributed by atoms with Crippen molar-refractivity contribution in [2.45, 2.75) is 32.4 Å². The van der Waals surface area contributed by atoms with E-state index < -0.39 is 6.04 Å². The lowest BCUT2D eigenvalue weighted by atomic mass is 10.1. The van der Waals surface area contributed by atoms with Crippen molar-refractivity contribution in [2.75, 3.05) is 5.32 Å². The molecule has 0 spiro atoms. The first kappa shape index (κ1) is 16.5. The second-order valence-corrected chi connectivity index (χ2v) is 6.35. The quantitative estimate of drug-likeness (QED) is 0.927. The van der Waals surface area contributed by atoms with E-state index in [1.165, 1.54) is 0 Å². The maximum Gasteiger partial charge on any atom is 0.248 e. The average Bonchev–Trinajstić information content (AvgIpc) is 2.93. The van der Waals surface area contributed by atoms with E-state index >= 15 is 0 Å². The number of nitrogens with zero attached hydrogens (tertiary/aromatic N) is 2. The molecule has 2 heterocycles. The minimum absolute atomic E-state index is 0.0121. The first-order chi connectivity index (χ1) is 11.5. The first-order valence-corrected chi connectivity index (χ1v) is 8.18. The average molecular weight is 344 g/mol. The van der Waals surface area contributed by atoms with Gasteiger partial charge in [-0.1, -0.05) is 29.8 Å². The van der Waals surface area contributed by atoms with Gasteiger partial charge in [0.2, 0.25) is 11.8 Å². The van der Waals surface area contributed by atoms with E-state index in [0.29, 0.717) is 30.2 Å². The molecular weight excluding hydrogens is 326 g/mol. The van der Waals surface area contributed by atoms with E-state index in [4.69, 9.17) is 11.6 Å². The summed E-state index contributed by atoms with van der Waals surface area (Å²) in [5.74, 6) is 0.282. The minimum atomic E-state index is -0.476. The number of carbonyl (C=O) groups is 2. The van der Waals surface area contributed by atoms with Gasteiger partial charge in [0.25, 0.3) is 0 Å². The molecule has 0 radical (unpaired) electrons. The SMILES string of the molecule is Cc1ccc(NC(=O)C2CCC(=O)N2Cc2ccc(Cl)cc2)nc1. The highest BCUT2D eigenvalue weighted by molar-refractivity contribution is 6.30. The van der Waals surface area contributed by atoms with E-state index in [1.807, 2.05) is 25.1 Å². The van der Waals surface area contributed by atoms with Crippen molar-refractivity contribution in [2.24, 2.45) is 0 Å². The van der Waals surface area contributed by atoms with Gasteiger partial charge in [-0.05, 0) is 42.7 Å². The summed E-state index contributed by atoms with van der Waals surface area (Å²) in [4.78, 5) is 30.5. The van der Waals surface area contributed by atoms with Gasteiger partial charge in [0.15, 0.2) is 0 Å². The Labute approximate surface area is 145 Å². The van der Waals surface area contributed by atoms with Gasteiger partial charge in [-0.2, -0.15) is 0 Å². The molecule has 0 aliphatic carbocycles. The van der Waals surface area contributed by atoms with Gasteiger partial charge in [-0.3, -0.25) is 9.59 Å². The van der Waals surface area contributed by atoms with Crippen molar-refractivity contribution in [1.82, 2.24) is 9.88 Å². The topological polar surface area (TPSA) is 62.3 Å². The number of amides is 2. The predicted octanol–water partition coefficient (Wildman–Crippen LogP) is 3.17. The van der Waals surface area contributed by atoms with Crippen LogP contribution in [0.3, 0.4) is 0 Å². The Kier molecular flexibility index (Phi) is 4.81. The minimum Gasteiger partial charge on any atom is -0.326 e. The van der Waals surface area contributed by atoms with Gasteiger partial charge in [0.05, 0.1) is 0 Å². The molecule has 6 heteroatoms. The number of hydrogen-bond acceptors (Lipinski definition) is 3. The highest BCUT2D eigenvalue weighted by Crippen LogP contribution is 2.23. The predicted molar refractivity (Wildman–Crippen MR) is 92.6 cm³/mol. The van der Waals surface area contributed by atoms with Gasteiger partial charge in [0, 0.05) is 24.2 Å². The zero-order valence-electron chi connectivity index (χ0n) is 13.3. The molecule has 1 N–H and O–H groups in total. The van der Waals surface area contributed by atoms with Crippen LogP contribution < -0.4 is 5.32 Å². The van der Waals surface area contributed by atoms with Crippen LogP contribution in [0.5, 0.6) is 0 Å². The Hall–Kier alpha value is -2.40. The molecule has 3 rings (SSSR count). The van der Waals surface area contributed by atoms with Gasteiger partial charge in [-0.15, -0.1) is 0 Å². The maximum atomic E-state index is 12.5. The Morgan fingerprint density at radius 2 is 2.04 bits per heavy atom. The summed E-state index contributed by atoms with van der Waals surface area (Å²) in [6.07, 6.45) is 2.60. The van der Waals surface area contributed by atoms with E-state index in [2.05, 4.69) is 10.3 Å². The Morgan fingerprint density at radius 3 is 2.71 bits per heavy atom. The number of pyridine rings is 1. The van der Waals surface area contributed by atoms with Crippen LogP contribution in [0.2, 0.25) is 5.02 Å². The van der Waals surface area contributed by atoms with E-state index in [9.17, 15) is 9.59 Å². The lowest BCUT2D eigenvalue weighted by molar-refractivity contribution is -0.133. The van der Waals surface area contributed by atoms with E-state index in [0.717, 1.165) is 11.1 Å². The third-order valence-corrected chi connectivity index (χ3v) is 4.31. The van der Waals surface area contributed by atoms with Crippen molar-refractivity contribution in [3.8, 4) is 0 Å². The summed E-state index contributed by atoms with van der Waals surface area (Å²) in [7, 11) is 0. The second kappa shape index (κ2) is 7.01. The van der Waals surface area contributed by atoms with Gasteiger partial charge in [-0.25, -0.2) is 4.98 Å². The number of aryl methyl sites for hydroxylation is 1. The summed E-state index contributed by atoms with van der Waals surface area (Å²) in [5.41, 5.74) is 1.97. The molecule has 0 bridgehead atoms. The highest BCUT2D eigenvalue weighted by Gasteiger charge is 2.36. The van der Waals surface area contributed by atoms with Crippen molar-refractivity contribution >= 4 is 29.2 Å². The second-order valence-electron chi connectivity index (χ2n) is 5.91. The zero-order valence-corrected chi connectivity index (χ0v) is 14.1. The molecule has 0 saturated carbocycles. The van der Waals surface area contributed by atoms with Crippen LogP contribution in [0.4, 0.5) is 5.82 Å². The summed E-state index contributed by atoms with van der Waals surface area (Å²) in [6, 6.07) is 10.5. The molecule has 2 amide bonds. The highest BCUT2D eigenvalue weighted by atomic mass is 35.5. The summed E-state index contributed by atoms with van der Waals surface area (Å²) in [6.45, 7) is 2.33. The molecule has 24 heavy (non-hydrogen) atoms. The van der Waals surface area contributed by atoms with Crippen LogP contribution >= 0.6 is 11.6 Å². The van der Waals surface area contributed by atoms with Crippen LogP contribution in [-0.2, 0) is 16.1 Å². The van der Waals surface area contributed by atoms with Gasteiger partial charge in [0.1, 0.15) is 11.9 Å². The van der Waals surface area contributed by atoms with Gasteiger partial charge >= 0.3 is 0 Å². The molecule has 5 nitrogen and oxygen atoms in total. The summed E-state index contributed by atoms with van der Waals surface area (Å²) in [5, 5.41) is 3.44. The van der Waals surface area contributed by atoms with Crippen LogP contribution in [0.1, 0.15) is 24.0 Å². The van der Waals surface area contributed by atoms with Crippen molar-refractivity contribution < 1.29 is 9.59 Å². The van der Waals surface area contributed by atoms with Crippen LogP contribution in [0.25, 0.3) is 0 Å². The number of halogens is 1. The number of nitrogens with one attached hydrogen (secondary N) is 1. The Balaban J connectivity index is 1.70. The fourth-order valence-electron chi connectivity index (χ4n) is 2.74. The Bertz CT molecular complexity index is 744. The lowest BCUT2D eigenvalue weighted by Crippen LogP contribution is -2.41. The zero-order chi connectivity index (χ0) is 17.1. The third-order valence-electron chi connectivity index (χ3n) is 4.06. The number of hydrogen-bond donors (Lipinski definition) is 1. The van der Waals surface area contributed by atoms with Crippen LogP contribution in [0.15, 0.2) is 42.6 Å². The summed E-state index contributed by atoms with van der Waals surface area (Å²) >= 11 is 5.89. The number of anilines is 1. The van der Waals surface area contributed by atoms with E-state index in [-0.39, 0.29) is 11.8 Å². The Morgan fingerprint density at radius 1 is 1.29 bits per heavy atom. The molecule has 1 aromatic carbocycles. The molecule has 124 valence electrons. The first-order valence-electron chi connectivity index (χ1n) is 7.80. The number of likely N-dealkylation sites (tertiary alicyclic amines) is 1. The molecule has 2 aromatic rings. The van der Waals surface area contributed by atoms with E-state index in [1.54, 1.807) is 29.3 Å². The number of rotatable bonds is 4. The lowest BCUT2D eigenvalue weighted by Gasteiger charge is -2.24. The van der Waals surface area contributed by atoms with Crippen molar-refractivity contribution in [3.05, 3.63) is 58.7 Å². The van der Waals surface area contributed by atoms with Crippen LogP contribution in [0, 0.1) is 6.92 Å². The fraction of sp³-hybridized carbons (Fsp3) is 0.278. The summed E-state index contributed by atoms with van der Waals surface area (Å²) < 4.78 is 0. The number of carbonyl (C=O) groups excluding carboxylic acids is 2. The van der Waals surface area contributed by atoms with Crippen molar-refractivity contribution in [3.63, 3.8) is 0 Å². The molecule has 1 saturated heterocycles. The largest absolute Gasteiger partial charge is 0.326 e. The molecule has 1 unspecified atom stereocenters. The number of benzene rings is 1. The fourth-order valence-corrected chi connectivity index (χ4v) is 2.87. The monoisotopic (exact) mass is 343 g/mol. The molecule has 1 aromatic heterocycles. The van der Waals surface area contributed by atoms with Gasteiger partial charge < -0.3 is 10.2 Å². The number of aromatic nitrogens is 1. The van der Waals surface area contributed by atoms with Crippen molar-refractivity contribution in [1.29, 1.82) is 0 Å². The third kappa shape index (κ3) is 3.74. The molecule has 1 fully saturated rings. The molecular formula is C18H18ClN3O2. The molecule has 1 aliphatic heterocycles. The normalized spacial score (nSPS) is 17.2. The molecule has 1 atom stereocenters. The maximum absolute atomic E-state index is 12.5. The molecule has 1 aliphatic rings. The standard InChI is InChI=1S/C18H18ClN3O2/c1-12-2-8-16(20-10-12)21-18(24)15-7-9-17(23)22(15)11-13-3-5-14(19)6-4-13/h2-6,8,10,15H,7,9,11H2,1H3,(H,20,21,24). The smallest absolute Gasteiger partial charge is 0.248 e.